The zero-order valence-electron chi connectivity index (χ0n) is 7.27. The Morgan fingerprint density at radius 2 is 2.07 bits per heavy atom. The van der Waals surface area contributed by atoms with Gasteiger partial charge >= 0.3 is 0 Å². The summed E-state index contributed by atoms with van der Waals surface area (Å²) in [5.41, 5.74) is 0.925. The monoisotopic (exact) mass is 201 g/mol. The van der Waals surface area contributed by atoms with Crippen LogP contribution in [0.4, 0.5) is 0 Å². The number of rotatable bonds is 0. The summed E-state index contributed by atoms with van der Waals surface area (Å²) in [6, 6.07) is 7.32. The summed E-state index contributed by atoms with van der Waals surface area (Å²) in [6.07, 6.45) is 1.87. The van der Waals surface area contributed by atoms with Crippen molar-refractivity contribution >= 4 is 32.3 Å². The number of aromatic hydroxyl groups is 1. The first kappa shape index (κ1) is 7.76. The van der Waals surface area contributed by atoms with E-state index in [9.17, 15) is 5.11 Å². The van der Waals surface area contributed by atoms with Gasteiger partial charge in [0, 0.05) is 17.0 Å². The second kappa shape index (κ2) is 2.69. The van der Waals surface area contributed by atoms with E-state index < -0.39 is 0 Å². The third-order valence-corrected chi connectivity index (χ3v) is 3.14. The number of hydrogen-bond acceptors (Lipinski definition) is 3. The Morgan fingerprint density at radius 3 is 3.00 bits per heavy atom. The van der Waals surface area contributed by atoms with Crippen LogP contribution in [0.2, 0.25) is 0 Å². The summed E-state index contributed by atoms with van der Waals surface area (Å²) in [6.45, 7) is 0. The molecule has 0 aliphatic rings. The van der Waals surface area contributed by atoms with Gasteiger partial charge in [0.05, 0.1) is 10.2 Å². The van der Waals surface area contributed by atoms with E-state index in [2.05, 4.69) is 11.1 Å². The van der Waals surface area contributed by atoms with Gasteiger partial charge < -0.3 is 5.11 Å². The summed E-state index contributed by atoms with van der Waals surface area (Å²) < 4.78 is 1.16. The van der Waals surface area contributed by atoms with Crippen LogP contribution < -0.4 is 0 Å². The van der Waals surface area contributed by atoms with Crippen molar-refractivity contribution in [3.63, 3.8) is 0 Å². The quantitative estimate of drug-likeness (QED) is 0.606. The second-order valence-electron chi connectivity index (χ2n) is 3.16. The van der Waals surface area contributed by atoms with Crippen LogP contribution in [0.15, 0.2) is 35.8 Å². The second-order valence-corrected chi connectivity index (χ2v) is 4.11. The molecule has 0 aliphatic carbocycles. The Labute approximate surface area is 84.4 Å². The number of pyridine rings is 1. The zero-order valence-corrected chi connectivity index (χ0v) is 8.08. The molecule has 0 fully saturated rings. The first-order chi connectivity index (χ1) is 6.84. The number of benzene rings is 1. The number of phenolic OH excluding ortho intramolecular Hbond substituents is 1. The maximum absolute atomic E-state index is 9.40. The SMILES string of the molecule is Oc1ccc2ncc3sccc3c2c1. The molecule has 14 heavy (non-hydrogen) atoms. The average Bonchev–Trinajstić information content (AvgIpc) is 2.65. The minimum absolute atomic E-state index is 0.290. The highest BCUT2D eigenvalue weighted by Gasteiger charge is 2.02. The molecule has 1 N–H and O–H groups in total. The third-order valence-electron chi connectivity index (χ3n) is 2.29. The molecule has 2 heterocycles. The lowest BCUT2D eigenvalue weighted by atomic mass is 10.1. The van der Waals surface area contributed by atoms with E-state index >= 15 is 0 Å². The molecular weight excluding hydrogens is 194 g/mol. The topological polar surface area (TPSA) is 33.1 Å². The molecule has 0 saturated heterocycles. The standard InChI is InChI=1S/C11H7NOS/c13-7-1-2-10-9(5-7)8-3-4-14-11(8)6-12-10/h1-6,13H. The highest BCUT2D eigenvalue weighted by Crippen LogP contribution is 2.29. The molecule has 0 aliphatic heterocycles. The van der Waals surface area contributed by atoms with Gasteiger partial charge in [-0.05, 0) is 29.6 Å². The number of thiophene rings is 1. The maximum atomic E-state index is 9.40. The predicted molar refractivity (Wildman–Crippen MR) is 58.8 cm³/mol. The lowest BCUT2D eigenvalue weighted by molar-refractivity contribution is 0.476. The van der Waals surface area contributed by atoms with Crippen molar-refractivity contribution < 1.29 is 5.11 Å². The molecule has 3 rings (SSSR count). The Morgan fingerprint density at radius 1 is 1.14 bits per heavy atom. The van der Waals surface area contributed by atoms with Crippen molar-refractivity contribution in [1.82, 2.24) is 4.98 Å². The lowest BCUT2D eigenvalue weighted by Gasteiger charge is -1.99. The molecule has 2 nitrogen and oxygen atoms in total. The predicted octanol–water partition coefficient (Wildman–Crippen LogP) is 3.16. The van der Waals surface area contributed by atoms with Crippen molar-refractivity contribution in [2.75, 3.05) is 0 Å². The number of phenols is 1. The molecule has 3 aromatic rings. The molecule has 0 spiro atoms. The third kappa shape index (κ3) is 0.992. The van der Waals surface area contributed by atoms with Crippen LogP contribution in [0.5, 0.6) is 5.75 Å². The molecule has 2 aromatic heterocycles. The van der Waals surface area contributed by atoms with Gasteiger partial charge in [-0.3, -0.25) is 4.98 Å². The fraction of sp³-hybridized carbons (Fsp3) is 0. The number of hydrogen-bond donors (Lipinski definition) is 1. The Balaban J connectivity index is 2.60. The van der Waals surface area contributed by atoms with Crippen LogP contribution in [0, 0.1) is 0 Å². The van der Waals surface area contributed by atoms with E-state index in [0.717, 1.165) is 21.0 Å². The van der Waals surface area contributed by atoms with Crippen LogP contribution in [0.1, 0.15) is 0 Å². The molecular formula is C11H7NOS. The summed E-state index contributed by atoms with van der Waals surface area (Å²) >= 11 is 1.66. The van der Waals surface area contributed by atoms with Crippen LogP contribution in [-0.2, 0) is 0 Å². The van der Waals surface area contributed by atoms with Gasteiger partial charge in [0.1, 0.15) is 5.75 Å². The minimum Gasteiger partial charge on any atom is -0.508 e. The van der Waals surface area contributed by atoms with Gasteiger partial charge in [-0.2, -0.15) is 0 Å². The van der Waals surface area contributed by atoms with Crippen molar-refractivity contribution in [1.29, 1.82) is 0 Å². The molecule has 0 radical (unpaired) electrons. The number of aromatic nitrogens is 1. The first-order valence-corrected chi connectivity index (χ1v) is 5.17. The fourth-order valence-corrected chi connectivity index (χ4v) is 2.39. The molecule has 68 valence electrons. The van der Waals surface area contributed by atoms with E-state index in [-0.39, 0.29) is 5.75 Å². The van der Waals surface area contributed by atoms with Crippen LogP contribution >= 0.6 is 11.3 Å². The fourth-order valence-electron chi connectivity index (χ4n) is 1.62. The van der Waals surface area contributed by atoms with Gasteiger partial charge in [-0.15, -0.1) is 11.3 Å². The van der Waals surface area contributed by atoms with Crippen molar-refractivity contribution in [3.8, 4) is 5.75 Å². The van der Waals surface area contributed by atoms with Gasteiger partial charge in [0.2, 0.25) is 0 Å². The van der Waals surface area contributed by atoms with E-state index in [4.69, 9.17) is 0 Å². The molecule has 0 amide bonds. The van der Waals surface area contributed by atoms with E-state index in [0.29, 0.717) is 0 Å². The summed E-state index contributed by atoms with van der Waals surface area (Å²) in [5, 5.41) is 13.6. The number of nitrogens with zero attached hydrogens (tertiary/aromatic N) is 1. The molecule has 0 bridgehead atoms. The van der Waals surface area contributed by atoms with Crippen molar-refractivity contribution in [2.24, 2.45) is 0 Å². The lowest BCUT2D eigenvalue weighted by Crippen LogP contribution is -1.77. The maximum Gasteiger partial charge on any atom is 0.116 e. The Bertz CT molecular complexity index is 615. The molecule has 0 atom stereocenters. The Hall–Kier alpha value is -1.61. The highest BCUT2D eigenvalue weighted by molar-refractivity contribution is 7.17. The summed E-state index contributed by atoms with van der Waals surface area (Å²) in [7, 11) is 0. The highest BCUT2D eigenvalue weighted by atomic mass is 32.1. The smallest absolute Gasteiger partial charge is 0.116 e. The summed E-state index contributed by atoms with van der Waals surface area (Å²) in [5.74, 6) is 0.290. The van der Waals surface area contributed by atoms with Crippen LogP contribution in [0.3, 0.4) is 0 Å². The van der Waals surface area contributed by atoms with Crippen LogP contribution in [0.25, 0.3) is 21.0 Å². The summed E-state index contributed by atoms with van der Waals surface area (Å²) in [4.78, 5) is 4.32. The van der Waals surface area contributed by atoms with Crippen LogP contribution in [-0.4, -0.2) is 10.1 Å². The largest absolute Gasteiger partial charge is 0.508 e. The minimum atomic E-state index is 0.290. The van der Waals surface area contributed by atoms with Gasteiger partial charge in [-0.25, -0.2) is 0 Å². The van der Waals surface area contributed by atoms with E-state index in [1.54, 1.807) is 23.5 Å². The van der Waals surface area contributed by atoms with Gasteiger partial charge in [-0.1, -0.05) is 0 Å². The normalized spacial score (nSPS) is 11.1. The first-order valence-electron chi connectivity index (χ1n) is 4.29. The van der Waals surface area contributed by atoms with E-state index in [1.165, 1.54) is 0 Å². The molecule has 0 saturated carbocycles. The number of fused-ring (bicyclic) bond motifs is 3. The van der Waals surface area contributed by atoms with Crippen molar-refractivity contribution in [3.05, 3.63) is 35.8 Å². The molecule has 0 unspecified atom stereocenters. The van der Waals surface area contributed by atoms with E-state index in [1.807, 2.05) is 17.6 Å². The van der Waals surface area contributed by atoms with Crippen molar-refractivity contribution in [2.45, 2.75) is 0 Å². The average molecular weight is 201 g/mol. The van der Waals surface area contributed by atoms with Gasteiger partial charge in [0.25, 0.3) is 0 Å². The van der Waals surface area contributed by atoms with Gasteiger partial charge in [0.15, 0.2) is 0 Å². The molecule has 1 aromatic carbocycles. The zero-order chi connectivity index (χ0) is 9.54. The Kier molecular flexibility index (Phi) is 1.49. The molecule has 3 heteroatoms.